The number of ether oxygens (including phenoxy) is 1. The zero-order valence-electron chi connectivity index (χ0n) is 13.7. The number of hydrogen-bond acceptors (Lipinski definition) is 3. The number of carbonyl (C=O) groups excluding carboxylic acids is 1. The number of aryl methyl sites for hydroxylation is 1. The third kappa shape index (κ3) is 5.64. The van der Waals surface area contributed by atoms with Gasteiger partial charge in [-0.05, 0) is 36.1 Å². The van der Waals surface area contributed by atoms with E-state index >= 15 is 0 Å². The first-order valence-electron chi connectivity index (χ1n) is 7.71. The number of benzene rings is 2. The second kappa shape index (κ2) is 9.26. The van der Waals surface area contributed by atoms with Crippen molar-refractivity contribution < 1.29 is 9.53 Å². The van der Waals surface area contributed by atoms with Crippen LogP contribution in [0.1, 0.15) is 16.7 Å². The molecule has 2 rings (SSSR count). The molecule has 0 radical (unpaired) electrons. The second-order valence-corrected chi connectivity index (χ2v) is 6.32. The molecule has 0 bridgehead atoms. The van der Waals surface area contributed by atoms with Crippen molar-refractivity contribution in [2.45, 2.75) is 19.1 Å². The molecule has 0 aromatic heterocycles. The van der Waals surface area contributed by atoms with Gasteiger partial charge in [0.2, 0.25) is 5.91 Å². The van der Waals surface area contributed by atoms with Gasteiger partial charge in [-0.15, -0.1) is 11.8 Å². The van der Waals surface area contributed by atoms with Gasteiger partial charge in [0.25, 0.3) is 0 Å². The summed E-state index contributed by atoms with van der Waals surface area (Å²) in [4.78, 5) is 11.9. The van der Waals surface area contributed by atoms with Gasteiger partial charge >= 0.3 is 0 Å². The highest BCUT2D eigenvalue weighted by molar-refractivity contribution is 7.99. The van der Waals surface area contributed by atoms with Gasteiger partial charge in [0, 0.05) is 12.3 Å². The van der Waals surface area contributed by atoms with Crippen molar-refractivity contribution in [2.24, 2.45) is 0 Å². The number of carbonyl (C=O) groups is 1. The van der Waals surface area contributed by atoms with E-state index in [1.54, 1.807) is 18.9 Å². The summed E-state index contributed by atoms with van der Waals surface area (Å²) in [7, 11) is 1.67. The van der Waals surface area contributed by atoms with Crippen LogP contribution in [0, 0.1) is 6.92 Å². The molecule has 0 unspecified atom stereocenters. The summed E-state index contributed by atoms with van der Waals surface area (Å²) in [6.45, 7) is 2.73. The topological polar surface area (TPSA) is 38.3 Å². The molecule has 3 nitrogen and oxygen atoms in total. The summed E-state index contributed by atoms with van der Waals surface area (Å²) in [5.74, 6) is 2.31. The quantitative estimate of drug-likeness (QED) is 0.804. The van der Waals surface area contributed by atoms with Crippen LogP contribution in [0.3, 0.4) is 0 Å². The van der Waals surface area contributed by atoms with Gasteiger partial charge in [0.05, 0.1) is 12.9 Å². The molecule has 0 fully saturated rings. The highest BCUT2D eigenvalue weighted by atomic mass is 32.2. The molecule has 0 saturated carbocycles. The van der Waals surface area contributed by atoms with Crippen LogP contribution in [0.15, 0.2) is 48.5 Å². The fraction of sp³-hybridized carbons (Fsp3) is 0.316. The fourth-order valence-electron chi connectivity index (χ4n) is 2.32. The maximum atomic E-state index is 11.9. The van der Waals surface area contributed by atoms with E-state index in [0.29, 0.717) is 12.3 Å². The molecule has 0 aliphatic heterocycles. The number of nitrogens with one attached hydrogen (secondary N) is 1. The van der Waals surface area contributed by atoms with Crippen LogP contribution in [-0.2, 0) is 17.0 Å². The van der Waals surface area contributed by atoms with Crippen LogP contribution in [0.25, 0.3) is 0 Å². The van der Waals surface area contributed by atoms with Crippen molar-refractivity contribution in [1.82, 2.24) is 5.32 Å². The average molecular weight is 329 g/mol. The Kier molecular flexibility index (Phi) is 7.01. The summed E-state index contributed by atoms with van der Waals surface area (Å²) < 4.78 is 5.31. The van der Waals surface area contributed by atoms with Crippen molar-refractivity contribution >= 4 is 17.7 Å². The molecule has 4 heteroatoms. The van der Waals surface area contributed by atoms with Crippen LogP contribution in [-0.4, -0.2) is 25.3 Å². The van der Waals surface area contributed by atoms with Crippen molar-refractivity contribution in [3.05, 3.63) is 65.2 Å². The zero-order chi connectivity index (χ0) is 16.5. The molecule has 2 aromatic carbocycles. The Hall–Kier alpha value is -1.94. The summed E-state index contributed by atoms with van der Waals surface area (Å²) in [5, 5.41) is 2.97. The Morgan fingerprint density at radius 1 is 1.09 bits per heavy atom. The summed E-state index contributed by atoms with van der Waals surface area (Å²) in [6.07, 6.45) is 0.776. The third-order valence-corrected chi connectivity index (χ3v) is 4.64. The lowest BCUT2D eigenvalue weighted by molar-refractivity contribution is -0.118. The summed E-state index contributed by atoms with van der Waals surface area (Å²) >= 11 is 1.65. The van der Waals surface area contributed by atoms with E-state index in [2.05, 4.69) is 24.4 Å². The monoisotopic (exact) mass is 329 g/mol. The molecular weight excluding hydrogens is 306 g/mol. The molecule has 0 aliphatic carbocycles. The predicted molar refractivity (Wildman–Crippen MR) is 97.0 cm³/mol. The molecule has 2 aromatic rings. The van der Waals surface area contributed by atoms with E-state index in [4.69, 9.17) is 4.74 Å². The highest BCUT2D eigenvalue weighted by Crippen LogP contribution is 2.17. The number of para-hydroxylation sites is 1. The van der Waals surface area contributed by atoms with Gasteiger partial charge < -0.3 is 10.1 Å². The Balaban J connectivity index is 1.68. The minimum Gasteiger partial charge on any atom is -0.496 e. The second-order valence-electron chi connectivity index (χ2n) is 5.33. The Labute approximate surface area is 142 Å². The smallest absolute Gasteiger partial charge is 0.230 e. The minimum absolute atomic E-state index is 0.0819. The zero-order valence-corrected chi connectivity index (χ0v) is 14.5. The summed E-state index contributed by atoms with van der Waals surface area (Å²) in [6, 6.07) is 16.2. The van der Waals surface area contributed by atoms with Crippen LogP contribution in [0.4, 0.5) is 0 Å². The van der Waals surface area contributed by atoms with Crippen molar-refractivity contribution in [2.75, 3.05) is 19.4 Å². The van der Waals surface area contributed by atoms with Crippen molar-refractivity contribution in [3.63, 3.8) is 0 Å². The number of amides is 1. The molecule has 0 saturated heterocycles. The third-order valence-electron chi connectivity index (χ3n) is 3.66. The van der Waals surface area contributed by atoms with E-state index < -0.39 is 0 Å². The molecular formula is C19H23NO2S. The lowest BCUT2D eigenvalue weighted by atomic mass is 10.1. The maximum absolute atomic E-state index is 11.9. The Morgan fingerprint density at radius 2 is 1.78 bits per heavy atom. The first-order chi connectivity index (χ1) is 11.2. The number of methoxy groups -OCH3 is 1. The first-order valence-corrected chi connectivity index (χ1v) is 8.87. The van der Waals surface area contributed by atoms with Gasteiger partial charge in [-0.2, -0.15) is 0 Å². The molecule has 0 atom stereocenters. The molecule has 122 valence electrons. The normalized spacial score (nSPS) is 10.3. The first kappa shape index (κ1) is 17.4. The molecule has 0 aliphatic rings. The van der Waals surface area contributed by atoms with Crippen LogP contribution in [0.2, 0.25) is 0 Å². The van der Waals surface area contributed by atoms with E-state index in [-0.39, 0.29) is 5.91 Å². The molecule has 0 heterocycles. The minimum atomic E-state index is 0.0819. The van der Waals surface area contributed by atoms with Gasteiger partial charge in [0.15, 0.2) is 0 Å². The lowest BCUT2D eigenvalue weighted by Gasteiger charge is -2.09. The number of hydrogen-bond donors (Lipinski definition) is 1. The molecule has 0 spiro atoms. The van der Waals surface area contributed by atoms with E-state index in [1.165, 1.54) is 11.1 Å². The van der Waals surface area contributed by atoms with Gasteiger partial charge in [-0.3, -0.25) is 4.79 Å². The van der Waals surface area contributed by atoms with Crippen molar-refractivity contribution in [1.29, 1.82) is 0 Å². The SMILES string of the molecule is COc1ccccc1CCNC(=O)CSCc1ccccc1C. The largest absolute Gasteiger partial charge is 0.496 e. The van der Waals surface area contributed by atoms with E-state index in [0.717, 1.165) is 23.5 Å². The molecule has 23 heavy (non-hydrogen) atoms. The van der Waals surface area contributed by atoms with Crippen molar-refractivity contribution in [3.8, 4) is 5.75 Å². The lowest BCUT2D eigenvalue weighted by Crippen LogP contribution is -2.27. The van der Waals surface area contributed by atoms with Crippen LogP contribution in [0.5, 0.6) is 5.75 Å². The Bertz CT molecular complexity index is 643. The highest BCUT2D eigenvalue weighted by Gasteiger charge is 2.05. The fourth-order valence-corrected chi connectivity index (χ4v) is 3.26. The standard InChI is InChI=1S/C19H23NO2S/c1-15-7-3-4-9-17(15)13-23-14-19(21)20-12-11-16-8-5-6-10-18(16)22-2/h3-10H,11-14H2,1-2H3,(H,20,21). The maximum Gasteiger partial charge on any atom is 0.230 e. The molecule has 1 N–H and O–H groups in total. The number of thioether (sulfide) groups is 1. The van der Waals surface area contributed by atoms with Crippen LogP contribution < -0.4 is 10.1 Å². The van der Waals surface area contributed by atoms with Gasteiger partial charge in [0.1, 0.15) is 5.75 Å². The van der Waals surface area contributed by atoms with E-state index in [1.807, 2.05) is 36.4 Å². The average Bonchev–Trinajstić information content (AvgIpc) is 2.57. The van der Waals surface area contributed by atoms with Crippen LogP contribution >= 0.6 is 11.8 Å². The van der Waals surface area contributed by atoms with Gasteiger partial charge in [-0.25, -0.2) is 0 Å². The van der Waals surface area contributed by atoms with Gasteiger partial charge in [-0.1, -0.05) is 42.5 Å². The van der Waals surface area contributed by atoms with E-state index in [9.17, 15) is 4.79 Å². The Morgan fingerprint density at radius 3 is 2.52 bits per heavy atom. The molecule has 1 amide bonds. The summed E-state index contributed by atoms with van der Waals surface area (Å²) in [5.41, 5.74) is 3.68. The predicted octanol–water partition coefficient (Wildman–Crippen LogP) is 3.60. The number of rotatable bonds is 8.